The van der Waals surface area contributed by atoms with Crippen LogP contribution in [0.25, 0.3) is 11.0 Å². The number of aromatic nitrogens is 2. The van der Waals surface area contributed by atoms with Crippen molar-refractivity contribution in [2.24, 2.45) is 12.2 Å². The van der Waals surface area contributed by atoms with Gasteiger partial charge in [-0.3, -0.25) is 0 Å². The van der Waals surface area contributed by atoms with Gasteiger partial charge in [0.2, 0.25) is 0 Å². The summed E-state index contributed by atoms with van der Waals surface area (Å²) in [6.07, 6.45) is 0. The van der Waals surface area contributed by atoms with Gasteiger partial charge in [0.05, 0.1) is 11.0 Å². The summed E-state index contributed by atoms with van der Waals surface area (Å²) in [6, 6.07) is 7.81. The Kier molecular flexibility index (Phi) is 5.93. The molecule has 0 saturated carbocycles. The molecule has 96 valence electrons. The van der Waals surface area contributed by atoms with Gasteiger partial charge in [-0.15, -0.1) is 0 Å². The molecule has 0 atom stereocenters. The summed E-state index contributed by atoms with van der Waals surface area (Å²) in [7, 11) is 11.5. The monoisotopic (exact) mass is 365 g/mol. The Morgan fingerprint density at radius 2 is 2.00 bits per heavy atom. The minimum atomic E-state index is -0.106. The maximum absolute atomic E-state index is 8.67. The third-order valence-corrected chi connectivity index (χ3v) is 2.26. The van der Waals surface area contributed by atoms with E-state index in [0.29, 0.717) is 11.5 Å². The second-order valence-electron chi connectivity index (χ2n) is 3.21. The molecule has 0 radical (unpaired) electrons. The minimum absolute atomic E-state index is 0.106. The Labute approximate surface area is 115 Å². The first-order valence-corrected chi connectivity index (χ1v) is 8.59. The molecule has 0 aliphatic heterocycles. The van der Waals surface area contributed by atoms with E-state index in [1.54, 1.807) is 6.92 Å². The molecule has 17 heavy (non-hydrogen) atoms. The molecule has 0 spiro atoms. The molecule has 0 amide bonds. The van der Waals surface area contributed by atoms with E-state index < -0.39 is 0 Å². The second-order valence-corrected chi connectivity index (χ2v) is 5.57. The number of fused-ring (bicyclic) bond motifs is 1. The number of aryl methyl sites for hydroxylation is 1. The van der Waals surface area contributed by atoms with E-state index in [1.807, 2.05) is 35.9 Å². The average molecular weight is 367 g/mol. The summed E-state index contributed by atoms with van der Waals surface area (Å²) in [5.74, 6) is 0.689. The molecule has 1 aromatic carbocycles. The third-order valence-electron chi connectivity index (χ3n) is 2.26. The second kappa shape index (κ2) is 6.97. The number of oxime groups is 1. The van der Waals surface area contributed by atoms with E-state index in [1.165, 1.54) is 0 Å². The number of benzene rings is 1. The fourth-order valence-electron chi connectivity index (χ4n) is 1.51. The van der Waals surface area contributed by atoms with Crippen molar-refractivity contribution in [1.82, 2.24) is 9.55 Å². The van der Waals surface area contributed by atoms with Gasteiger partial charge in [0, 0.05) is 7.05 Å². The molecule has 0 fully saturated rings. The number of hydrogen-bond donors (Lipinski definition) is 1. The van der Waals surface area contributed by atoms with Crippen molar-refractivity contribution in [2.45, 2.75) is 6.92 Å². The first-order chi connectivity index (χ1) is 8.15. The van der Waals surface area contributed by atoms with Gasteiger partial charge in [-0.05, 0) is 19.1 Å². The SMILES string of the molecule is C/C(=N\O)c1nc2ccccc2n1C.[Cl][Pd][Cl]. The van der Waals surface area contributed by atoms with Crippen LogP contribution in [0.2, 0.25) is 0 Å². The summed E-state index contributed by atoms with van der Waals surface area (Å²) in [5.41, 5.74) is 2.46. The van der Waals surface area contributed by atoms with Crippen LogP contribution in [0.15, 0.2) is 29.4 Å². The molecule has 0 saturated heterocycles. The van der Waals surface area contributed by atoms with Crippen LogP contribution >= 0.6 is 19.1 Å². The van der Waals surface area contributed by atoms with Crippen molar-refractivity contribution >= 4 is 35.8 Å². The maximum atomic E-state index is 8.67. The van der Waals surface area contributed by atoms with Gasteiger partial charge in [0.1, 0.15) is 5.71 Å². The van der Waals surface area contributed by atoms with Crippen LogP contribution in [0, 0.1) is 0 Å². The first-order valence-electron chi connectivity index (χ1n) is 4.58. The number of halogens is 2. The van der Waals surface area contributed by atoms with Gasteiger partial charge in [0.25, 0.3) is 0 Å². The number of rotatable bonds is 1. The van der Waals surface area contributed by atoms with Crippen molar-refractivity contribution < 1.29 is 21.1 Å². The molecule has 4 nitrogen and oxygen atoms in total. The van der Waals surface area contributed by atoms with Crippen LogP contribution in [0.5, 0.6) is 0 Å². The molecule has 1 heterocycles. The van der Waals surface area contributed by atoms with Gasteiger partial charge >= 0.3 is 35.0 Å². The van der Waals surface area contributed by atoms with Crippen LogP contribution in [-0.4, -0.2) is 20.5 Å². The molecule has 2 aromatic rings. The summed E-state index contributed by atoms with van der Waals surface area (Å²) in [4.78, 5) is 4.36. The first kappa shape index (κ1) is 14.5. The molecule has 0 bridgehead atoms. The Balaban J connectivity index is 0.000000437. The van der Waals surface area contributed by atoms with Crippen molar-refractivity contribution in [3.63, 3.8) is 0 Å². The van der Waals surface area contributed by atoms with Gasteiger partial charge in [-0.2, -0.15) is 0 Å². The Bertz CT molecular complexity index is 527. The molecule has 0 aliphatic carbocycles. The van der Waals surface area contributed by atoms with E-state index in [4.69, 9.17) is 24.3 Å². The summed E-state index contributed by atoms with van der Waals surface area (Å²) < 4.78 is 1.91. The van der Waals surface area contributed by atoms with E-state index >= 15 is 0 Å². The molecular weight excluding hydrogens is 355 g/mol. The molecular formula is C10H11Cl2N3OPd. The summed E-state index contributed by atoms with van der Waals surface area (Å²) in [6.45, 7) is 1.72. The number of imidazole rings is 1. The molecule has 2 rings (SSSR count). The van der Waals surface area contributed by atoms with Gasteiger partial charge in [-0.25, -0.2) is 4.98 Å². The molecule has 0 unspecified atom stereocenters. The number of hydrogen-bond acceptors (Lipinski definition) is 3. The topological polar surface area (TPSA) is 50.4 Å². The predicted octanol–water partition coefficient (Wildman–Crippen LogP) is 3.15. The molecule has 7 heteroatoms. The van der Waals surface area contributed by atoms with Gasteiger partial charge in [0.15, 0.2) is 5.82 Å². The zero-order chi connectivity index (χ0) is 12.8. The van der Waals surface area contributed by atoms with Crippen LogP contribution in [0.3, 0.4) is 0 Å². The van der Waals surface area contributed by atoms with Crippen molar-refractivity contribution in [2.75, 3.05) is 0 Å². The van der Waals surface area contributed by atoms with E-state index in [2.05, 4.69) is 10.1 Å². The fraction of sp³-hybridized carbons (Fsp3) is 0.200. The standard InChI is InChI=1S/C10H11N3O.2ClH.Pd/c1-7(12-14)10-11-8-5-3-4-6-9(8)13(10)2;;;/h3-6,14H,1-2H3;2*1H;/q;;;+2/p-2/b12-7+;;;. The molecule has 0 aliphatic rings. The van der Waals surface area contributed by atoms with Gasteiger partial charge in [-0.1, -0.05) is 17.3 Å². The third kappa shape index (κ3) is 3.43. The Morgan fingerprint density at radius 1 is 1.41 bits per heavy atom. The van der Waals surface area contributed by atoms with Crippen molar-refractivity contribution in [3.05, 3.63) is 30.1 Å². The Hall–Kier alpha value is -0.598. The fourth-order valence-corrected chi connectivity index (χ4v) is 1.51. The van der Waals surface area contributed by atoms with Crippen molar-refractivity contribution in [1.29, 1.82) is 0 Å². The zero-order valence-electron chi connectivity index (χ0n) is 9.17. The summed E-state index contributed by atoms with van der Waals surface area (Å²) in [5, 5.41) is 11.8. The normalized spacial score (nSPS) is 11.4. The van der Waals surface area contributed by atoms with Crippen LogP contribution in [0.1, 0.15) is 12.7 Å². The zero-order valence-corrected chi connectivity index (χ0v) is 12.2. The van der Waals surface area contributed by atoms with E-state index in [9.17, 15) is 0 Å². The van der Waals surface area contributed by atoms with Crippen molar-refractivity contribution in [3.8, 4) is 0 Å². The van der Waals surface area contributed by atoms with Gasteiger partial charge < -0.3 is 9.77 Å². The van der Waals surface area contributed by atoms with Crippen LogP contribution < -0.4 is 0 Å². The number of nitrogens with zero attached hydrogens (tertiary/aromatic N) is 3. The van der Waals surface area contributed by atoms with E-state index in [0.717, 1.165) is 11.0 Å². The number of para-hydroxylation sites is 2. The Morgan fingerprint density at radius 3 is 2.53 bits per heavy atom. The summed E-state index contributed by atoms with van der Waals surface area (Å²) >= 11 is -0.106. The molecule has 1 N–H and O–H groups in total. The average Bonchev–Trinajstić information content (AvgIpc) is 2.68. The van der Waals surface area contributed by atoms with Crippen LogP contribution in [0.4, 0.5) is 0 Å². The van der Waals surface area contributed by atoms with Crippen LogP contribution in [-0.2, 0) is 23.0 Å². The molecule has 1 aromatic heterocycles. The quantitative estimate of drug-likeness (QED) is 0.365. The van der Waals surface area contributed by atoms with E-state index in [-0.39, 0.29) is 15.9 Å². The predicted molar refractivity (Wildman–Crippen MR) is 66.4 cm³/mol.